The van der Waals surface area contributed by atoms with Crippen LogP contribution in [0.5, 0.6) is 0 Å². The number of hydrogen-bond donors (Lipinski definition) is 1. The summed E-state index contributed by atoms with van der Waals surface area (Å²) in [6.45, 7) is 2.04. The van der Waals surface area contributed by atoms with E-state index in [-0.39, 0.29) is 0 Å². The molecule has 4 nitrogen and oxygen atoms in total. The maximum absolute atomic E-state index is 4.59. The van der Waals surface area contributed by atoms with Crippen LogP contribution < -0.4 is 4.80 Å². The van der Waals surface area contributed by atoms with Gasteiger partial charge in [-0.3, -0.25) is 0 Å². The monoisotopic (exact) mass is 292 g/mol. The molecule has 0 atom stereocenters. The minimum Gasteiger partial charge on any atom is -0.345 e. The number of benzene rings is 2. The first-order valence-electron chi connectivity index (χ1n) is 6.66. The second-order valence-electron chi connectivity index (χ2n) is 4.83. The van der Waals surface area contributed by atoms with Crippen LogP contribution >= 0.6 is 11.3 Å². The van der Waals surface area contributed by atoms with Gasteiger partial charge in [0.15, 0.2) is 0 Å². The Bertz CT molecular complexity index is 1010. The summed E-state index contributed by atoms with van der Waals surface area (Å²) >= 11 is 1.52. The van der Waals surface area contributed by atoms with E-state index in [4.69, 9.17) is 0 Å². The van der Waals surface area contributed by atoms with Gasteiger partial charge in [-0.05, 0) is 24.6 Å². The van der Waals surface area contributed by atoms with Crippen molar-refractivity contribution in [3.8, 4) is 0 Å². The zero-order valence-corrected chi connectivity index (χ0v) is 12.2. The van der Waals surface area contributed by atoms with Crippen LogP contribution in [0.1, 0.15) is 5.56 Å². The Labute approximate surface area is 124 Å². The van der Waals surface area contributed by atoms with Crippen molar-refractivity contribution in [3.63, 3.8) is 0 Å². The molecule has 0 amide bonds. The zero-order chi connectivity index (χ0) is 14.2. The lowest BCUT2D eigenvalue weighted by molar-refractivity contribution is 1.03. The van der Waals surface area contributed by atoms with Gasteiger partial charge < -0.3 is 4.98 Å². The molecule has 0 bridgehead atoms. The molecule has 0 aliphatic heterocycles. The summed E-state index contributed by atoms with van der Waals surface area (Å²) < 4.78 is 0. The minimum atomic E-state index is 0.656. The van der Waals surface area contributed by atoms with Gasteiger partial charge in [0.05, 0.1) is 5.69 Å². The summed E-state index contributed by atoms with van der Waals surface area (Å²) in [6, 6.07) is 16.1. The average molecular weight is 292 g/mol. The fourth-order valence-corrected chi connectivity index (χ4v) is 3.13. The second kappa shape index (κ2) is 4.79. The highest BCUT2D eigenvalue weighted by Crippen LogP contribution is 2.23. The largest absolute Gasteiger partial charge is 0.345 e. The topological polar surface area (TPSA) is 53.9 Å². The summed E-state index contributed by atoms with van der Waals surface area (Å²) in [5.41, 5.74) is 4.03. The summed E-state index contributed by atoms with van der Waals surface area (Å²) in [5, 5.41) is 9.67. The van der Waals surface area contributed by atoms with Crippen molar-refractivity contribution in [1.29, 1.82) is 0 Å². The first-order chi connectivity index (χ1) is 10.3. The van der Waals surface area contributed by atoms with Crippen LogP contribution in [0.2, 0.25) is 0 Å². The van der Waals surface area contributed by atoms with Gasteiger partial charge in [-0.1, -0.05) is 47.7 Å². The van der Waals surface area contributed by atoms with Gasteiger partial charge in [0, 0.05) is 10.9 Å². The lowest BCUT2D eigenvalue weighted by atomic mass is 10.2. The van der Waals surface area contributed by atoms with E-state index in [1.54, 1.807) is 0 Å². The fraction of sp³-hybridized carbons (Fsp3) is 0.0625. The highest BCUT2D eigenvalue weighted by Gasteiger charge is 2.06. The summed E-state index contributed by atoms with van der Waals surface area (Å²) in [5.74, 6) is 0. The Morgan fingerprint density at radius 3 is 2.71 bits per heavy atom. The zero-order valence-electron chi connectivity index (χ0n) is 11.4. The molecule has 2 aromatic heterocycles. The third-order valence-electron chi connectivity index (χ3n) is 3.41. The predicted octanol–water partition coefficient (Wildman–Crippen LogP) is 3.71. The minimum absolute atomic E-state index is 0.656. The SMILES string of the molecule is Cc1ccccc1N=c1nnc2c([nH]c3ccccc32)s1. The third-order valence-corrected chi connectivity index (χ3v) is 4.26. The van der Waals surface area contributed by atoms with Crippen molar-refractivity contribution in [3.05, 3.63) is 58.9 Å². The quantitative estimate of drug-likeness (QED) is 0.581. The van der Waals surface area contributed by atoms with Crippen LogP contribution in [-0.4, -0.2) is 15.2 Å². The number of nitrogens with one attached hydrogen (secondary N) is 1. The summed E-state index contributed by atoms with van der Waals surface area (Å²) in [7, 11) is 0. The van der Waals surface area contributed by atoms with Crippen LogP contribution in [0.25, 0.3) is 21.3 Å². The number of aromatic nitrogens is 3. The molecule has 2 heterocycles. The lowest BCUT2D eigenvalue weighted by Crippen LogP contribution is -2.04. The smallest absolute Gasteiger partial charge is 0.232 e. The third kappa shape index (κ3) is 2.11. The molecule has 2 aromatic carbocycles. The van der Waals surface area contributed by atoms with Crippen molar-refractivity contribution in [2.45, 2.75) is 6.92 Å². The Hall–Kier alpha value is -2.53. The molecule has 0 unspecified atom stereocenters. The maximum Gasteiger partial charge on any atom is 0.232 e. The number of H-pyrrole nitrogens is 1. The Morgan fingerprint density at radius 2 is 1.81 bits per heavy atom. The summed E-state index contributed by atoms with van der Waals surface area (Å²) in [4.78, 5) is 9.62. The standard InChI is InChI=1S/C16H12N4S/c1-10-6-2-4-8-12(10)18-16-20-19-14-11-7-3-5-9-13(11)17-15(14)21-16/h2-9,17H,1H3. The number of aryl methyl sites for hydroxylation is 1. The normalized spacial score (nSPS) is 12.3. The van der Waals surface area contributed by atoms with Gasteiger partial charge in [0.25, 0.3) is 0 Å². The number of aromatic amines is 1. The number of nitrogens with zero attached hydrogens (tertiary/aromatic N) is 3. The van der Waals surface area contributed by atoms with Crippen molar-refractivity contribution < 1.29 is 0 Å². The molecular formula is C16H12N4S. The average Bonchev–Trinajstić information content (AvgIpc) is 2.87. The molecule has 1 N–H and O–H groups in total. The molecular weight excluding hydrogens is 280 g/mol. The van der Waals surface area contributed by atoms with Gasteiger partial charge in [-0.2, -0.15) is 0 Å². The number of para-hydroxylation sites is 2. The van der Waals surface area contributed by atoms with Gasteiger partial charge in [-0.15, -0.1) is 10.2 Å². The van der Waals surface area contributed by atoms with Crippen molar-refractivity contribution in [2.24, 2.45) is 4.99 Å². The molecule has 5 heteroatoms. The highest BCUT2D eigenvalue weighted by molar-refractivity contribution is 7.15. The molecule has 21 heavy (non-hydrogen) atoms. The van der Waals surface area contributed by atoms with Gasteiger partial charge in [0.2, 0.25) is 4.80 Å². The molecule has 4 rings (SSSR count). The van der Waals surface area contributed by atoms with Crippen molar-refractivity contribution in [1.82, 2.24) is 15.2 Å². The van der Waals surface area contributed by atoms with E-state index in [2.05, 4.69) is 20.2 Å². The Kier molecular flexibility index (Phi) is 2.79. The first-order valence-corrected chi connectivity index (χ1v) is 7.47. The molecule has 0 saturated carbocycles. The Balaban J connectivity index is 1.95. The van der Waals surface area contributed by atoms with E-state index < -0.39 is 0 Å². The van der Waals surface area contributed by atoms with Crippen LogP contribution in [0.4, 0.5) is 5.69 Å². The summed E-state index contributed by atoms with van der Waals surface area (Å²) in [6.07, 6.45) is 0. The molecule has 0 spiro atoms. The van der Waals surface area contributed by atoms with E-state index in [0.717, 1.165) is 32.5 Å². The van der Waals surface area contributed by atoms with Gasteiger partial charge in [-0.25, -0.2) is 4.99 Å². The molecule has 0 saturated heterocycles. The van der Waals surface area contributed by atoms with Crippen molar-refractivity contribution in [2.75, 3.05) is 0 Å². The molecule has 4 aromatic rings. The molecule has 0 aliphatic rings. The van der Waals surface area contributed by atoms with Crippen molar-refractivity contribution >= 4 is 38.3 Å². The number of fused-ring (bicyclic) bond motifs is 3. The van der Waals surface area contributed by atoms with E-state index in [9.17, 15) is 0 Å². The van der Waals surface area contributed by atoms with Crippen LogP contribution in [0.15, 0.2) is 53.5 Å². The fourth-order valence-electron chi connectivity index (χ4n) is 2.32. The Morgan fingerprint density at radius 1 is 1.00 bits per heavy atom. The molecule has 0 aliphatic carbocycles. The highest BCUT2D eigenvalue weighted by atomic mass is 32.1. The molecule has 0 fully saturated rings. The van der Waals surface area contributed by atoms with Gasteiger partial charge in [0.1, 0.15) is 10.3 Å². The van der Waals surface area contributed by atoms with Crippen LogP contribution in [0.3, 0.4) is 0 Å². The van der Waals surface area contributed by atoms with Crippen LogP contribution in [0, 0.1) is 6.92 Å². The predicted molar refractivity (Wildman–Crippen MR) is 85.7 cm³/mol. The first kappa shape index (κ1) is 12.2. The maximum atomic E-state index is 4.59. The van der Waals surface area contributed by atoms with E-state index >= 15 is 0 Å². The van der Waals surface area contributed by atoms with E-state index in [1.165, 1.54) is 11.3 Å². The number of hydrogen-bond acceptors (Lipinski definition) is 4. The number of rotatable bonds is 1. The molecule has 102 valence electrons. The van der Waals surface area contributed by atoms with E-state index in [1.807, 2.05) is 55.5 Å². The van der Waals surface area contributed by atoms with Gasteiger partial charge >= 0.3 is 0 Å². The van der Waals surface area contributed by atoms with E-state index in [0.29, 0.717) is 4.80 Å². The van der Waals surface area contributed by atoms with Crippen LogP contribution in [-0.2, 0) is 0 Å². The lowest BCUT2D eigenvalue weighted by Gasteiger charge is -1.96. The molecule has 0 radical (unpaired) electrons. The second-order valence-corrected chi connectivity index (χ2v) is 5.81.